The lowest BCUT2D eigenvalue weighted by molar-refractivity contribution is 0.286. The molecule has 1 aliphatic heterocycles. The van der Waals surface area contributed by atoms with Gasteiger partial charge in [-0.05, 0) is 25.0 Å². The predicted molar refractivity (Wildman–Crippen MR) is 56.3 cm³/mol. The van der Waals surface area contributed by atoms with Gasteiger partial charge in [-0.15, -0.1) is 0 Å². The summed E-state index contributed by atoms with van der Waals surface area (Å²) in [6, 6.07) is 7.47. The van der Waals surface area contributed by atoms with Gasteiger partial charge < -0.3 is 9.15 Å². The summed E-state index contributed by atoms with van der Waals surface area (Å²) in [6.45, 7) is 0.681. The van der Waals surface area contributed by atoms with Gasteiger partial charge in [0.1, 0.15) is 11.3 Å². The molecule has 0 unspecified atom stereocenters. The largest absolute Gasteiger partial charge is 0.492 e. The molecule has 1 aromatic heterocycles. The lowest BCUT2D eigenvalue weighted by Crippen LogP contribution is -2.17. The van der Waals surface area contributed by atoms with Crippen LogP contribution < -0.4 is 10.4 Å². The number of hydrogen-bond donors (Lipinski definition) is 0. The molecule has 2 heterocycles. The minimum absolute atomic E-state index is 0.261. The Hall–Kier alpha value is -1.77. The second-order valence-corrected chi connectivity index (χ2v) is 3.65. The summed E-state index contributed by atoms with van der Waals surface area (Å²) in [5, 5.41) is 0.895. The number of para-hydroxylation sites is 1. The third-order valence-corrected chi connectivity index (χ3v) is 2.67. The molecule has 0 N–H and O–H groups in total. The van der Waals surface area contributed by atoms with Crippen LogP contribution >= 0.6 is 0 Å². The molecule has 0 aliphatic carbocycles. The van der Waals surface area contributed by atoms with Gasteiger partial charge in [0.15, 0.2) is 0 Å². The molecular formula is C12H10O3. The van der Waals surface area contributed by atoms with Gasteiger partial charge in [0.05, 0.1) is 17.6 Å². The van der Waals surface area contributed by atoms with Crippen LogP contribution in [-0.4, -0.2) is 6.61 Å². The van der Waals surface area contributed by atoms with Crippen LogP contribution in [0.1, 0.15) is 12.0 Å². The molecule has 76 valence electrons. The fourth-order valence-corrected chi connectivity index (χ4v) is 1.96. The van der Waals surface area contributed by atoms with Gasteiger partial charge in [0, 0.05) is 0 Å². The quantitative estimate of drug-likeness (QED) is 0.614. The van der Waals surface area contributed by atoms with Crippen molar-refractivity contribution in [1.29, 1.82) is 0 Å². The Morgan fingerprint density at radius 3 is 3.00 bits per heavy atom. The molecule has 15 heavy (non-hydrogen) atoms. The first kappa shape index (κ1) is 8.53. The van der Waals surface area contributed by atoms with E-state index in [4.69, 9.17) is 9.15 Å². The highest BCUT2D eigenvalue weighted by Crippen LogP contribution is 2.30. The first-order valence-corrected chi connectivity index (χ1v) is 5.04. The number of benzene rings is 1. The van der Waals surface area contributed by atoms with Gasteiger partial charge in [0.2, 0.25) is 0 Å². The SMILES string of the molecule is O=c1oc2ccccc2c2c1CCCO2. The van der Waals surface area contributed by atoms with Crippen LogP contribution in [0, 0.1) is 0 Å². The predicted octanol–water partition coefficient (Wildman–Crippen LogP) is 2.12. The van der Waals surface area contributed by atoms with E-state index in [0.29, 0.717) is 23.5 Å². The molecule has 1 aromatic carbocycles. The molecule has 3 heteroatoms. The third-order valence-electron chi connectivity index (χ3n) is 2.67. The highest BCUT2D eigenvalue weighted by atomic mass is 16.5. The zero-order valence-electron chi connectivity index (χ0n) is 8.16. The summed E-state index contributed by atoms with van der Waals surface area (Å²) in [4.78, 5) is 11.6. The van der Waals surface area contributed by atoms with Gasteiger partial charge in [-0.2, -0.15) is 0 Å². The van der Waals surface area contributed by atoms with E-state index in [0.717, 1.165) is 18.2 Å². The number of fused-ring (bicyclic) bond motifs is 3. The topological polar surface area (TPSA) is 39.4 Å². The Kier molecular flexibility index (Phi) is 1.78. The molecule has 0 atom stereocenters. The van der Waals surface area contributed by atoms with Crippen LogP contribution in [0.5, 0.6) is 5.75 Å². The summed E-state index contributed by atoms with van der Waals surface area (Å²) in [5.41, 5.74) is 1.02. The zero-order valence-corrected chi connectivity index (χ0v) is 8.16. The van der Waals surface area contributed by atoms with E-state index >= 15 is 0 Å². The Morgan fingerprint density at radius 2 is 2.07 bits per heavy atom. The Labute approximate surface area is 86.3 Å². The lowest BCUT2D eigenvalue weighted by atomic mass is 10.1. The summed E-state index contributed by atoms with van der Waals surface area (Å²) in [5.74, 6) is 0.716. The molecule has 3 nitrogen and oxygen atoms in total. The maximum absolute atomic E-state index is 11.6. The van der Waals surface area contributed by atoms with Crippen LogP contribution in [0.4, 0.5) is 0 Å². The first-order valence-electron chi connectivity index (χ1n) is 5.04. The second-order valence-electron chi connectivity index (χ2n) is 3.65. The van der Waals surface area contributed by atoms with Crippen molar-refractivity contribution in [2.45, 2.75) is 12.8 Å². The normalized spacial score (nSPS) is 14.7. The number of hydrogen-bond acceptors (Lipinski definition) is 3. The van der Waals surface area contributed by atoms with Gasteiger partial charge in [0.25, 0.3) is 0 Å². The van der Waals surface area contributed by atoms with Gasteiger partial charge >= 0.3 is 5.63 Å². The molecule has 3 rings (SSSR count). The Balaban J connectivity index is 2.44. The molecule has 0 saturated heterocycles. The lowest BCUT2D eigenvalue weighted by Gasteiger charge is -2.17. The number of ether oxygens (including phenoxy) is 1. The van der Waals surface area contributed by atoms with Crippen molar-refractivity contribution in [2.75, 3.05) is 6.61 Å². The smallest absolute Gasteiger partial charge is 0.343 e. The molecule has 1 aliphatic rings. The molecular weight excluding hydrogens is 192 g/mol. The van der Waals surface area contributed by atoms with Crippen molar-refractivity contribution in [3.05, 3.63) is 40.2 Å². The van der Waals surface area contributed by atoms with Crippen molar-refractivity contribution < 1.29 is 9.15 Å². The van der Waals surface area contributed by atoms with Gasteiger partial charge in [-0.25, -0.2) is 4.79 Å². The average molecular weight is 202 g/mol. The highest BCUT2D eigenvalue weighted by molar-refractivity contribution is 5.84. The van der Waals surface area contributed by atoms with E-state index in [1.165, 1.54) is 0 Å². The Morgan fingerprint density at radius 1 is 1.20 bits per heavy atom. The van der Waals surface area contributed by atoms with Crippen molar-refractivity contribution in [3.63, 3.8) is 0 Å². The molecule has 0 fully saturated rings. The van der Waals surface area contributed by atoms with Crippen LogP contribution in [0.25, 0.3) is 11.0 Å². The standard InChI is InChI=1S/C12H10O3/c13-12-9-5-3-7-14-11(9)8-4-1-2-6-10(8)15-12/h1-2,4,6H,3,5,7H2. The van der Waals surface area contributed by atoms with E-state index in [1.54, 1.807) is 6.07 Å². The van der Waals surface area contributed by atoms with Gasteiger partial charge in [-0.3, -0.25) is 0 Å². The average Bonchev–Trinajstić information content (AvgIpc) is 2.30. The van der Waals surface area contributed by atoms with Crippen LogP contribution in [0.2, 0.25) is 0 Å². The maximum atomic E-state index is 11.6. The van der Waals surface area contributed by atoms with Crippen LogP contribution in [0.15, 0.2) is 33.5 Å². The van der Waals surface area contributed by atoms with Gasteiger partial charge in [-0.1, -0.05) is 12.1 Å². The fraction of sp³-hybridized carbons (Fsp3) is 0.250. The van der Waals surface area contributed by atoms with E-state index < -0.39 is 0 Å². The summed E-state index contributed by atoms with van der Waals surface area (Å²) in [7, 11) is 0. The monoisotopic (exact) mass is 202 g/mol. The summed E-state index contributed by atoms with van der Waals surface area (Å²) >= 11 is 0. The van der Waals surface area contributed by atoms with Crippen molar-refractivity contribution in [2.24, 2.45) is 0 Å². The second kappa shape index (κ2) is 3.12. The minimum Gasteiger partial charge on any atom is -0.492 e. The Bertz CT molecular complexity index is 569. The van der Waals surface area contributed by atoms with Crippen molar-refractivity contribution in [3.8, 4) is 5.75 Å². The molecule has 0 radical (unpaired) electrons. The van der Waals surface area contributed by atoms with E-state index in [9.17, 15) is 4.79 Å². The third kappa shape index (κ3) is 1.23. The molecule has 0 amide bonds. The summed E-state index contributed by atoms with van der Waals surface area (Å²) in [6.07, 6.45) is 1.64. The molecule has 2 aromatic rings. The zero-order chi connectivity index (χ0) is 10.3. The molecule has 0 bridgehead atoms. The van der Waals surface area contributed by atoms with Crippen molar-refractivity contribution in [1.82, 2.24) is 0 Å². The van der Waals surface area contributed by atoms with Crippen LogP contribution in [-0.2, 0) is 6.42 Å². The molecule has 0 spiro atoms. The molecule has 0 saturated carbocycles. The van der Waals surface area contributed by atoms with Crippen LogP contribution in [0.3, 0.4) is 0 Å². The number of rotatable bonds is 0. The maximum Gasteiger partial charge on any atom is 0.343 e. The van der Waals surface area contributed by atoms with E-state index in [2.05, 4.69) is 0 Å². The van der Waals surface area contributed by atoms with Crippen molar-refractivity contribution >= 4 is 11.0 Å². The van der Waals surface area contributed by atoms with E-state index in [1.807, 2.05) is 18.2 Å². The minimum atomic E-state index is -0.261. The highest BCUT2D eigenvalue weighted by Gasteiger charge is 2.18. The summed E-state index contributed by atoms with van der Waals surface area (Å²) < 4.78 is 10.8. The fourth-order valence-electron chi connectivity index (χ4n) is 1.96. The van der Waals surface area contributed by atoms with E-state index in [-0.39, 0.29) is 5.63 Å². The first-order chi connectivity index (χ1) is 7.36.